The van der Waals surface area contributed by atoms with Crippen molar-refractivity contribution < 1.29 is 9.53 Å². The molecule has 128 valence electrons. The number of aromatic nitrogens is 2. The van der Waals surface area contributed by atoms with Gasteiger partial charge in [0.15, 0.2) is 12.4 Å². The molecule has 5 nitrogen and oxygen atoms in total. The fourth-order valence-corrected chi connectivity index (χ4v) is 2.54. The van der Waals surface area contributed by atoms with Crippen molar-refractivity contribution in [1.82, 2.24) is 9.78 Å². The van der Waals surface area contributed by atoms with Crippen molar-refractivity contribution in [3.63, 3.8) is 0 Å². The van der Waals surface area contributed by atoms with Crippen LogP contribution < -0.4 is 10.1 Å². The Hall–Kier alpha value is -2.50. The summed E-state index contributed by atoms with van der Waals surface area (Å²) >= 11 is 12.0. The summed E-state index contributed by atoms with van der Waals surface area (Å²) in [5.41, 5.74) is 1.75. The average molecular weight is 376 g/mol. The maximum Gasteiger partial charge on any atom is 0.276 e. The minimum atomic E-state index is -0.313. The summed E-state index contributed by atoms with van der Waals surface area (Å²) in [6.07, 6.45) is 1.67. The molecule has 2 aromatic carbocycles. The molecule has 3 aromatic rings. The number of hydrogen-bond acceptors (Lipinski definition) is 3. The summed E-state index contributed by atoms with van der Waals surface area (Å²) in [5.74, 6) is 0.315. The summed E-state index contributed by atoms with van der Waals surface area (Å²) in [5, 5.41) is 8.20. The summed E-state index contributed by atoms with van der Waals surface area (Å²) in [6.45, 7) is 2.01. The summed E-state index contributed by atoms with van der Waals surface area (Å²) < 4.78 is 7.11. The molecule has 7 heteroatoms. The van der Waals surface area contributed by atoms with Crippen molar-refractivity contribution in [3.05, 3.63) is 76.0 Å². The molecule has 1 aromatic heterocycles. The summed E-state index contributed by atoms with van der Waals surface area (Å²) in [4.78, 5) is 12.3. The fraction of sp³-hybridized carbons (Fsp3) is 0.111. The Morgan fingerprint density at radius 2 is 2.00 bits per heavy atom. The molecule has 1 N–H and O–H groups in total. The molecule has 0 fully saturated rings. The van der Waals surface area contributed by atoms with E-state index in [0.29, 0.717) is 21.5 Å². The number of rotatable bonds is 5. The minimum absolute atomic E-state index is 0.170. The number of carbonyl (C=O) groups is 1. The van der Waals surface area contributed by atoms with Gasteiger partial charge in [-0.25, -0.2) is 4.68 Å². The third-order valence-electron chi connectivity index (χ3n) is 3.55. The van der Waals surface area contributed by atoms with Crippen LogP contribution in [0.2, 0.25) is 10.0 Å². The van der Waals surface area contributed by atoms with Gasteiger partial charge in [-0.3, -0.25) is 4.79 Å². The van der Waals surface area contributed by atoms with E-state index < -0.39 is 0 Å². The molecule has 0 aliphatic rings. The Labute approximate surface area is 155 Å². The van der Waals surface area contributed by atoms with Gasteiger partial charge < -0.3 is 10.1 Å². The molecule has 0 bridgehead atoms. The lowest BCUT2D eigenvalue weighted by Crippen LogP contribution is -2.15. The number of ether oxygens (including phenoxy) is 1. The van der Waals surface area contributed by atoms with Gasteiger partial charge in [0.2, 0.25) is 0 Å². The Morgan fingerprint density at radius 1 is 1.20 bits per heavy atom. The molecule has 0 saturated heterocycles. The van der Waals surface area contributed by atoms with Crippen LogP contribution in [0, 0.1) is 6.92 Å². The van der Waals surface area contributed by atoms with Gasteiger partial charge in [0.1, 0.15) is 5.75 Å². The molecule has 0 radical (unpaired) electrons. The van der Waals surface area contributed by atoms with Gasteiger partial charge in [0.05, 0.1) is 0 Å². The zero-order valence-corrected chi connectivity index (χ0v) is 14.9. The predicted octanol–water partition coefficient (Wildman–Crippen LogP) is 4.79. The first-order valence-electron chi connectivity index (χ1n) is 7.51. The van der Waals surface area contributed by atoms with Crippen LogP contribution in [0.3, 0.4) is 0 Å². The maximum absolute atomic E-state index is 12.3. The maximum atomic E-state index is 12.3. The average Bonchev–Trinajstić information content (AvgIpc) is 3.06. The highest BCUT2D eigenvalue weighted by atomic mass is 35.5. The highest BCUT2D eigenvalue weighted by Gasteiger charge is 2.12. The van der Waals surface area contributed by atoms with Crippen molar-refractivity contribution in [2.24, 2.45) is 0 Å². The Kier molecular flexibility index (Phi) is 5.26. The molecule has 0 saturated carbocycles. The number of halogens is 2. The Bertz CT molecular complexity index is 909. The number of nitrogens with zero attached hydrogens (tertiary/aromatic N) is 2. The highest BCUT2D eigenvalue weighted by Crippen LogP contribution is 2.23. The number of nitrogens with one attached hydrogen (secondary N) is 1. The van der Waals surface area contributed by atoms with Gasteiger partial charge in [-0.05, 0) is 48.9 Å². The fourth-order valence-electron chi connectivity index (χ4n) is 2.18. The topological polar surface area (TPSA) is 56.2 Å². The molecule has 0 aliphatic carbocycles. The van der Waals surface area contributed by atoms with Crippen LogP contribution in [0.15, 0.2) is 54.7 Å². The third kappa shape index (κ3) is 4.32. The van der Waals surface area contributed by atoms with Gasteiger partial charge in [-0.15, -0.1) is 0 Å². The largest absolute Gasteiger partial charge is 0.471 e. The molecule has 1 amide bonds. The molecule has 3 rings (SSSR count). The molecule has 1 heterocycles. The SMILES string of the molecule is Cc1c(Cl)cccc1NC(=O)c1ccn(COc2cccc(Cl)c2)n1. The van der Waals surface area contributed by atoms with Crippen LogP contribution >= 0.6 is 23.2 Å². The first-order valence-corrected chi connectivity index (χ1v) is 8.27. The van der Waals surface area contributed by atoms with Gasteiger partial charge in [-0.2, -0.15) is 5.10 Å². The number of hydrogen-bond donors (Lipinski definition) is 1. The second kappa shape index (κ2) is 7.59. The van der Waals surface area contributed by atoms with Crippen molar-refractivity contribution >= 4 is 34.8 Å². The lowest BCUT2D eigenvalue weighted by atomic mass is 10.2. The van der Waals surface area contributed by atoms with E-state index >= 15 is 0 Å². The standard InChI is InChI=1S/C18H15Cl2N3O2/c1-12-15(20)6-3-7-16(12)21-18(24)17-8-9-23(22-17)11-25-14-5-2-4-13(19)10-14/h2-10H,11H2,1H3,(H,21,24). The molecular formula is C18H15Cl2N3O2. The molecule has 0 spiro atoms. The molecule has 0 aliphatic heterocycles. The smallest absolute Gasteiger partial charge is 0.276 e. The van der Waals surface area contributed by atoms with Crippen molar-refractivity contribution in [2.75, 3.05) is 5.32 Å². The molecule has 25 heavy (non-hydrogen) atoms. The van der Waals surface area contributed by atoms with E-state index in [0.717, 1.165) is 5.56 Å². The predicted molar refractivity (Wildman–Crippen MR) is 98.4 cm³/mol. The van der Waals surface area contributed by atoms with Crippen LogP contribution in [0.25, 0.3) is 0 Å². The Morgan fingerprint density at radius 3 is 2.80 bits per heavy atom. The highest BCUT2D eigenvalue weighted by molar-refractivity contribution is 6.31. The monoisotopic (exact) mass is 375 g/mol. The number of amides is 1. The molecule has 0 unspecified atom stereocenters. The Balaban J connectivity index is 1.64. The van der Waals surface area contributed by atoms with Gasteiger partial charge in [0, 0.05) is 21.9 Å². The summed E-state index contributed by atoms with van der Waals surface area (Å²) in [7, 11) is 0. The van der Waals surface area contributed by atoms with E-state index in [1.165, 1.54) is 4.68 Å². The number of benzene rings is 2. The van der Waals surface area contributed by atoms with Crippen molar-refractivity contribution in [1.29, 1.82) is 0 Å². The lowest BCUT2D eigenvalue weighted by molar-refractivity contribution is 0.102. The first-order chi connectivity index (χ1) is 12.0. The van der Waals surface area contributed by atoms with Crippen LogP contribution in [0.5, 0.6) is 5.75 Å². The minimum Gasteiger partial charge on any atom is -0.471 e. The number of anilines is 1. The second-order valence-electron chi connectivity index (χ2n) is 5.34. The van der Waals surface area contributed by atoms with Gasteiger partial charge in [-0.1, -0.05) is 35.3 Å². The zero-order chi connectivity index (χ0) is 17.8. The van der Waals surface area contributed by atoms with Crippen LogP contribution in [-0.4, -0.2) is 15.7 Å². The second-order valence-corrected chi connectivity index (χ2v) is 6.18. The van der Waals surface area contributed by atoms with E-state index in [4.69, 9.17) is 27.9 Å². The summed E-state index contributed by atoms with van der Waals surface area (Å²) in [6, 6.07) is 14.0. The normalized spacial score (nSPS) is 10.5. The molecular weight excluding hydrogens is 361 g/mol. The quantitative estimate of drug-likeness (QED) is 0.697. The van der Waals surface area contributed by atoms with Crippen molar-refractivity contribution in [2.45, 2.75) is 13.7 Å². The van der Waals surface area contributed by atoms with E-state index in [1.807, 2.05) is 6.92 Å². The van der Waals surface area contributed by atoms with E-state index in [-0.39, 0.29) is 18.3 Å². The lowest BCUT2D eigenvalue weighted by Gasteiger charge is -2.08. The van der Waals surface area contributed by atoms with E-state index in [9.17, 15) is 4.79 Å². The zero-order valence-electron chi connectivity index (χ0n) is 13.4. The third-order valence-corrected chi connectivity index (χ3v) is 4.19. The number of carbonyl (C=O) groups excluding carboxylic acids is 1. The first kappa shape index (κ1) is 17.3. The van der Waals surface area contributed by atoms with Crippen LogP contribution in [-0.2, 0) is 6.73 Å². The van der Waals surface area contributed by atoms with Crippen LogP contribution in [0.4, 0.5) is 5.69 Å². The van der Waals surface area contributed by atoms with E-state index in [2.05, 4.69) is 10.4 Å². The molecule has 0 atom stereocenters. The van der Waals surface area contributed by atoms with Gasteiger partial charge >= 0.3 is 0 Å². The van der Waals surface area contributed by atoms with Crippen LogP contribution in [0.1, 0.15) is 16.1 Å². The van der Waals surface area contributed by atoms with Crippen molar-refractivity contribution in [3.8, 4) is 5.75 Å². The van der Waals surface area contributed by atoms with Gasteiger partial charge in [0.25, 0.3) is 5.91 Å². The van der Waals surface area contributed by atoms with E-state index in [1.54, 1.807) is 54.7 Å².